The summed E-state index contributed by atoms with van der Waals surface area (Å²) in [6.45, 7) is 0. The minimum Gasteiger partial charge on any atom is -0.192 e. The second-order valence-electron chi connectivity index (χ2n) is 9.66. The number of benzene rings is 3. The van der Waals surface area contributed by atoms with Crippen molar-refractivity contribution in [3.05, 3.63) is 115 Å². The predicted octanol–water partition coefficient (Wildman–Crippen LogP) is 5.67. The summed E-state index contributed by atoms with van der Waals surface area (Å²) in [7, 11) is 0. The molecular weight excluding hydrogens is 572 g/mol. The van der Waals surface area contributed by atoms with Gasteiger partial charge in [-0.15, -0.1) is 0 Å². The quantitative estimate of drug-likeness (QED) is 0.336. The Kier molecular flexibility index (Phi) is 7.21. The van der Waals surface area contributed by atoms with E-state index in [-0.39, 0.29) is 100 Å². The molecule has 0 saturated carbocycles. The van der Waals surface area contributed by atoms with Crippen LogP contribution in [0.4, 0.5) is 0 Å². The number of hydrogen-bond acceptors (Lipinski definition) is 10. The monoisotopic (exact) mass is 580 g/mol. The third-order valence-electron chi connectivity index (χ3n) is 7.37. The predicted molar refractivity (Wildman–Crippen MR) is 159 cm³/mol. The van der Waals surface area contributed by atoms with E-state index in [2.05, 4.69) is 0 Å². The lowest BCUT2D eigenvalue weighted by atomic mass is 9.87. The summed E-state index contributed by atoms with van der Waals surface area (Å²) in [5, 5.41) is 99.4. The summed E-state index contributed by atoms with van der Waals surface area (Å²) in [5.74, 6) is 0. The molecule has 0 fully saturated rings. The van der Waals surface area contributed by atoms with E-state index >= 15 is 0 Å². The van der Waals surface area contributed by atoms with Crippen LogP contribution in [0.25, 0.3) is 33.4 Å². The van der Waals surface area contributed by atoms with Gasteiger partial charge >= 0.3 is 0 Å². The first kappa shape index (κ1) is 29.0. The van der Waals surface area contributed by atoms with Gasteiger partial charge in [0.2, 0.25) is 0 Å². The number of allylic oxidation sites excluding steroid dienone is 8. The number of nitrogens with zero attached hydrogens (tertiary/aromatic N) is 10. The van der Waals surface area contributed by atoms with Crippen molar-refractivity contribution >= 4 is 33.4 Å². The molecule has 0 heterocycles. The molecule has 0 bridgehead atoms. The van der Waals surface area contributed by atoms with Crippen molar-refractivity contribution in [2.45, 2.75) is 0 Å². The van der Waals surface area contributed by atoms with Crippen LogP contribution < -0.4 is 0 Å². The van der Waals surface area contributed by atoms with Crippen molar-refractivity contribution in [1.82, 2.24) is 0 Å². The highest BCUT2D eigenvalue weighted by Gasteiger charge is 2.37. The van der Waals surface area contributed by atoms with Crippen molar-refractivity contribution < 1.29 is 0 Å². The highest BCUT2D eigenvalue weighted by Crippen LogP contribution is 2.51. The summed E-state index contributed by atoms with van der Waals surface area (Å²) in [4.78, 5) is 0. The fraction of sp³-hybridized carbons (Fsp3) is 0. The van der Waals surface area contributed by atoms with Gasteiger partial charge in [-0.25, -0.2) is 0 Å². The summed E-state index contributed by atoms with van der Waals surface area (Å²) in [6.07, 6.45) is 0. The molecule has 0 spiro atoms. The van der Waals surface area contributed by atoms with E-state index in [1.165, 1.54) is 48.5 Å². The first-order valence-electron chi connectivity index (χ1n) is 12.9. The maximum Gasteiger partial charge on any atom is 0.101 e. The van der Waals surface area contributed by atoms with Crippen LogP contribution in [0.2, 0.25) is 0 Å². The van der Waals surface area contributed by atoms with E-state index in [1.807, 2.05) is 60.7 Å². The average molecular weight is 581 g/mol. The van der Waals surface area contributed by atoms with E-state index in [0.29, 0.717) is 0 Å². The SMILES string of the molecule is N#CC1=C(C#N)c2cc3c(cc2/C1=C(\C#N)c1cc(C#N)cc(C#N)c1)/C(=C(\C#N)c1cc(C#N)cc(C#N)c1)C(C#N)=C3C#N. The van der Waals surface area contributed by atoms with Gasteiger partial charge in [0.1, 0.15) is 36.4 Å². The highest BCUT2D eigenvalue weighted by atomic mass is 14.4. The molecule has 10 nitrogen and oxygen atoms in total. The Morgan fingerprint density at radius 3 is 0.891 bits per heavy atom. The normalized spacial score (nSPS) is 14.2. The lowest BCUT2D eigenvalue weighted by Crippen LogP contribution is -1.97. The van der Waals surface area contributed by atoms with Crippen molar-refractivity contribution in [1.29, 1.82) is 52.6 Å². The zero-order valence-electron chi connectivity index (χ0n) is 23.1. The van der Waals surface area contributed by atoms with E-state index in [4.69, 9.17) is 0 Å². The Labute approximate surface area is 261 Å². The van der Waals surface area contributed by atoms with E-state index in [0.717, 1.165) is 0 Å². The molecule has 3 aromatic rings. The van der Waals surface area contributed by atoms with E-state index < -0.39 is 0 Å². The molecule has 0 unspecified atom stereocenters. The van der Waals surface area contributed by atoms with Crippen molar-refractivity contribution in [3.8, 4) is 60.7 Å². The smallest absolute Gasteiger partial charge is 0.101 e. The lowest BCUT2D eigenvalue weighted by molar-refractivity contribution is 1.43. The fourth-order valence-corrected chi connectivity index (χ4v) is 5.52. The zero-order valence-corrected chi connectivity index (χ0v) is 23.1. The molecule has 0 atom stereocenters. The second kappa shape index (κ2) is 11.4. The van der Waals surface area contributed by atoms with Crippen LogP contribution in [0.5, 0.6) is 0 Å². The molecular formula is C36H8N10. The summed E-state index contributed by atoms with van der Waals surface area (Å²) in [5.41, 5.74) is 0.721. The molecule has 202 valence electrons. The fourth-order valence-electron chi connectivity index (χ4n) is 5.52. The van der Waals surface area contributed by atoms with Crippen LogP contribution in [0.1, 0.15) is 55.6 Å². The first-order valence-corrected chi connectivity index (χ1v) is 12.9. The molecule has 0 amide bonds. The largest absolute Gasteiger partial charge is 0.192 e. The Bertz CT molecular complexity index is 2330. The molecule has 0 saturated heterocycles. The number of fused-ring (bicyclic) bond motifs is 2. The van der Waals surface area contributed by atoms with Crippen molar-refractivity contribution in [3.63, 3.8) is 0 Å². The van der Waals surface area contributed by atoms with Gasteiger partial charge in [0.25, 0.3) is 0 Å². The molecule has 10 heteroatoms. The van der Waals surface area contributed by atoms with Crippen molar-refractivity contribution in [2.75, 3.05) is 0 Å². The maximum atomic E-state index is 10.4. The van der Waals surface area contributed by atoms with Crippen LogP contribution >= 0.6 is 0 Å². The van der Waals surface area contributed by atoms with Gasteiger partial charge in [0.05, 0.1) is 80.0 Å². The van der Waals surface area contributed by atoms with Crippen LogP contribution in [0.15, 0.2) is 59.7 Å². The standard InChI is InChI=1S/C36H8N10/c37-9-19-1-20(10-38)4-23(3-19)29(13-41)35-27-8-28-26(7-25(27)31(15-43)33(35)17-45)32(16-44)34(18-46)36(28)30(14-42)24-5-21(11-39)2-22(6-24)12-40/h1-8H/b35-29-,36-30-. The third-order valence-corrected chi connectivity index (χ3v) is 7.37. The molecule has 2 aliphatic carbocycles. The molecule has 0 aromatic heterocycles. The number of rotatable bonds is 2. The van der Waals surface area contributed by atoms with Gasteiger partial charge in [-0.2, -0.15) is 52.6 Å². The van der Waals surface area contributed by atoms with Crippen LogP contribution in [-0.4, -0.2) is 0 Å². The Balaban J connectivity index is 1.95. The first-order chi connectivity index (χ1) is 22.4. The minimum absolute atomic E-state index is 0.0262. The highest BCUT2D eigenvalue weighted by molar-refractivity contribution is 6.20. The van der Waals surface area contributed by atoms with E-state index in [1.54, 1.807) is 0 Å². The number of nitriles is 10. The van der Waals surface area contributed by atoms with Crippen LogP contribution in [-0.2, 0) is 0 Å². The minimum atomic E-state index is -0.159. The zero-order chi connectivity index (χ0) is 33.1. The van der Waals surface area contributed by atoms with Crippen LogP contribution in [0, 0.1) is 113 Å². The van der Waals surface area contributed by atoms with Gasteiger partial charge in [0, 0.05) is 22.3 Å². The van der Waals surface area contributed by atoms with Gasteiger partial charge < -0.3 is 0 Å². The topological polar surface area (TPSA) is 238 Å². The van der Waals surface area contributed by atoms with Gasteiger partial charge in [-0.1, -0.05) is 0 Å². The maximum absolute atomic E-state index is 10.4. The molecule has 2 aliphatic rings. The summed E-state index contributed by atoms with van der Waals surface area (Å²) in [6, 6.07) is 30.8. The molecule has 0 aliphatic heterocycles. The molecule has 3 aromatic carbocycles. The Morgan fingerprint density at radius 1 is 0.326 bits per heavy atom. The second-order valence-corrected chi connectivity index (χ2v) is 9.66. The lowest BCUT2D eigenvalue weighted by Gasteiger charge is -2.13. The Hall–Kier alpha value is -8.48. The summed E-state index contributed by atoms with van der Waals surface area (Å²) >= 11 is 0. The number of hydrogen-bond donors (Lipinski definition) is 0. The van der Waals surface area contributed by atoms with E-state index in [9.17, 15) is 52.6 Å². The molecule has 0 radical (unpaired) electrons. The summed E-state index contributed by atoms with van der Waals surface area (Å²) < 4.78 is 0. The van der Waals surface area contributed by atoms with Crippen LogP contribution in [0.3, 0.4) is 0 Å². The van der Waals surface area contributed by atoms with Gasteiger partial charge in [-0.3, -0.25) is 0 Å². The molecule has 46 heavy (non-hydrogen) atoms. The van der Waals surface area contributed by atoms with Gasteiger partial charge in [-0.05, 0) is 70.8 Å². The molecule has 5 rings (SSSR count). The third kappa shape index (κ3) is 4.27. The van der Waals surface area contributed by atoms with Crippen molar-refractivity contribution in [2.24, 2.45) is 0 Å². The van der Waals surface area contributed by atoms with Gasteiger partial charge in [0.15, 0.2) is 0 Å². The Morgan fingerprint density at radius 2 is 0.630 bits per heavy atom. The average Bonchev–Trinajstić information content (AvgIpc) is 3.57. The molecule has 0 N–H and O–H groups in total.